The molecule has 0 saturated carbocycles. The first-order chi connectivity index (χ1) is 10.9. The molecule has 0 aromatic heterocycles. The minimum absolute atomic E-state index is 0.0741. The topological polar surface area (TPSA) is 29.3 Å². The normalized spacial score (nSPS) is 28.5. The number of aryl methyl sites for hydroxylation is 1. The third-order valence-corrected chi connectivity index (χ3v) is 8.23. The summed E-state index contributed by atoms with van der Waals surface area (Å²) in [5.74, 6) is 6.71. The van der Waals surface area contributed by atoms with Gasteiger partial charge in [-0.3, -0.25) is 5.01 Å². The summed E-state index contributed by atoms with van der Waals surface area (Å²) in [4.78, 5) is 0. The highest BCUT2D eigenvalue weighted by molar-refractivity contribution is 6.70. The molecule has 1 heterocycles. The van der Waals surface area contributed by atoms with Crippen LogP contribution in [-0.2, 0) is 17.4 Å². The molecule has 2 atom stereocenters. The van der Waals surface area contributed by atoms with Crippen molar-refractivity contribution in [3.63, 3.8) is 0 Å². The highest BCUT2D eigenvalue weighted by Gasteiger charge is 2.58. The van der Waals surface area contributed by atoms with Gasteiger partial charge in [-0.1, -0.05) is 61.6 Å². The van der Waals surface area contributed by atoms with Crippen molar-refractivity contribution in [1.82, 2.24) is 0 Å². The smallest absolute Gasteiger partial charge is 0.0878 e. The first-order valence-corrected chi connectivity index (χ1v) is 11.6. The lowest BCUT2D eigenvalue weighted by atomic mass is 9.60. The molecule has 23 heavy (non-hydrogen) atoms. The molecule has 1 aliphatic heterocycles. The number of hydrazine groups is 1. The van der Waals surface area contributed by atoms with Crippen molar-refractivity contribution in [2.45, 2.75) is 50.7 Å². The fourth-order valence-electron chi connectivity index (χ4n) is 4.74. The Labute approximate surface area is 140 Å². The number of nitrogens with two attached hydrogens (primary N) is 1. The van der Waals surface area contributed by atoms with Crippen LogP contribution < -0.4 is 16.0 Å². The van der Waals surface area contributed by atoms with Gasteiger partial charge in [0.25, 0.3) is 0 Å². The molecule has 0 spiro atoms. The number of hydrogen-bond donors (Lipinski definition) is 1. The molecular weight excluding hydrogens is 296 g/mol. The van der Waals surface area contributed by atoms with E-state index in [4.69, 9.17) is 5.84 Å². The molecule has 2 N–H and O–H groups in total. The molecule has 0 amide bonds. The van der Waals surface area contributed by atoms with Gasteiger partial charge in [-0.25, -0.2) is 5.84 Å². The summed E-state index contributed by atoms with van der Waals surface area (Å²) in [6.07, 6.45) is 2.29. The lowest BCUT2D eigenvalue weighted by molar-refractivity contribution is 0.232. The molecule has 4 rings (SSSR count). The Kier molecular flexibility index (Phi) is 3.07. The zero-order valence-electron chi connectivity index (χ0n) is 14.6. The summed E-state index contributed by atoms with van der Waals surface area (Å²) < 4.78 is 0. The molecule has 2 aromatic carbocycles. The van der Waals surface area contributed by atoms with Gasteiger partial charge in [0, 0.05) is 5.41 Å². The van der Waals surface area contributed by atoms with Crippen LogP contribution in [0.25, 0.3) is 0 Å². The minimum Gasteiger partial charge on any atom is -0.300 e. The number of rotatable bonds is 1. The van der Waals surface area contributed by atoms with Crippen LogP contribution in [0.5, 0.6) is 0 Å². The van der Waals surface area contributed by atoms with E-state index in [1.807, 2.05) is 5.01 Å². The van der Waals surface area contributed by atoms with E-state index in [-0.39, 0.29) is 11.0 Å². The second-order valence-corrected chi connectivity index (χ2v) is 10.8. The summed E-state index contributed by atoms with van der Waals surface area (Å²) >= 11 is 0. The number of nitrogens with zero attached hydrogens (tertiary/aromatic N) is 1. The monoisotopic (exact) mass is 322 g/mol. The number of hydrogen-bond acceptors (Lipinski definition) is 2. The van der Waals surface area contributed by atoms with Crippen LogP contribution >= 0.6 is 0 Å². The number of fused-ring (bicyclic) bond motifs is 5. The van der Waals surface area contributed by atoms with Crippen LogP contribution in [0.2, 0.25) is 13.1 Å². The Bertz CT molecular complexity index is 785. The zero-order chi connectivity index (χ0) is 16.4. The third kappa shape index (κ3) is 1.72. The van der Waals surface area contributed by atoms with E-state index in [0.29, 0.717) is 0 Å². The first kappa shape index (κ1) is 15.0. The molecule has 2 unspecified atom stereocenters. The van der Waals surface area contributed by atoms with Crippen LogP contribution in [-0.4, -0.2) is 8.80 Å². The first-order valence-electron chi connectivity index (χ1n) is 8.67. The van der Waals surface area contributed by atoms with Gasteiger partial charge in [-0.05, 0) is 42.5 Å². The Morgan fingerprint density at radius 1 is 1.04 bits per heavy atom. The zero-order valence-corrected chi connectivity index (χ0v) is 15.7. The van der Waals surface area contributed by atoms with E-state index in [9.17, 15) is 0 Å². The van der Waals surface area contributed by atoms with E-state index < -0.39 is 8.80 Å². The summed E-state index contributed by atoms with van der Waals surface area (Å²) in [7, 11) is -0.814. The molecule has 2 aromatic rings. The van der Waals surface area contributed by atoms with E-state index in [0.717, 1.165) is 12.8 Å². The lowest BCUT2D eigenvalue weighted by Crippen LogP contribution is -2.57. The molecule has 0 bridgehead atoms. The molecule has 0 fully saturated rings. The van der Waals surface area contributed by atoms with Gasteiger partial charge in [-0.15, -0.1) is 0 Å². The lowest BCUT2D eigenvalue weighted by Gasteiger charge is -2.49. The second kappa shape index (κ2) is 4.71. The Balaban J connectivity index is 1.98. The fraction of sp³-hybridized carbons (Fsp3) is 0.400. The summed E-state index contributed by atoms with van der Waals surface area (Å²) in [6, 6.07) is 15.9. The van der Waals surface area contributed by atoms with Crippen molar-refractivity contribution in [3.8, 4) is 0 Å². The predicted octanol–water partition coefficient (Wildman–Crippen LogP) is 3.19. The molecule has 0 radical (unpaired) electrons. The maximum absolute atomic E-state index is 6.71. The molecule has 1 aliphatic carbocycles. The Morgan fingerprint density at radius 2 is 1.78 bits per heavy atom. The SMILES string of the molecule is C[SiH](C)c1ccc2c(c1)C1(C)CCc3ccccc3C1(C)N2N. The van der Waals surface area contributed by atoms with Crippen molar-refractivity contribution in [2.24, 2.45) is 5.84 Å². The minimum atomic E-state index is -0.814. The fourth-order valence-corrected chi connectivity index (χ4v) is 5.72. The summed E-state index contributed by atoms with van der Waals surface area (Å²) in [6.45, 7) is 9.54. The Morgan fingerprint density at radius 3 is 2.52 bits per heavy atom. The predicted molar refractivity (Wildman–Crippen MR) is 101 cm³/mol. The summed E-state index contributed by atoms with van der Waals surface area (Å²) in [5.41, 5.74) is 5.43. The van der Waals surface area contributed by atoms with Crippen molar-refractivity contribution >= 4 is 19.7 Å². The van der Waals surface area contributed by atoms with Crippen LogP contribution in [0.15, 0.2) is 42.5 Å². The van der Waals surface area contributed by atoms with Gasteiger partial charge >= 0.3 is 0 Å². The van der Waals surface area contributed by atoms with Gasteiger partial charge < -0.3 is 0 Å². The maximum Gasteiger partial charge on any atom is 0.0878 e. The van der Waals surface area contributed by atoms with Gasteiger partial charge in [-0.2, -0.15) is 0 Å². The molecule has 120 valence electrons. The highest BCUT2D eigenvalue weighted by Crippen LogP contribution is 2.59. The molecular formula is C20H26N2Si. The quantitative estimate of drug-likeness (QED) is 0.645. The van der Waals surface area contributed by atoms with Gasteiger partial charge in [0.05, 0.1) is 20.0 Å². The van der Waals surface area contributed by atoms with Gasteiger partial charge in [0.1, 0.15) is 0 Å². The number of benzene rings is 2. The van der Waals surface area contributed by atoms with E-state index in [1.54, 1.807) is 5.19 Å². The number of anilines is 1. The molecule has 2 nitrogen and oxygen atoms in total. The van der Waals surface area contributed by atoms with Crippen molar-refractivity contribution in [2.75, 3.05) is 5.01 Å². The highest BCUT2D eigenvalue weighted by atomic mass is 28.3. The van der Waals surface area contributed by atoms with Crippen LogP contribution in [0.3, 0.4) is 0 Å². The molecule has 0 saturated heterocycles. The maximum atomic E-state index is 6.71. The average molecular weight is 323 g/mol. The molecule has 2 aliphatic rings. The van der Waals surface area contributed by atoms with E-state index >= 15 is 0 Å². The van der Waals surface area contributed by atoms with Gasteiger partial charge in [0.15, 0.2) is 0 Å². The largest absolute Gasteiger partial charge is 0.300 e. The van der Waals surface area contributed by atoms with E-state index in [2.05, 4.69) is 69.4 Å². The average Bonchev–Trinajstić information content (AvgIpc) is 2.74. The van der Waals surface area contributed by atoms with Gasteiger partial charge in [0.2, 0.25) is 0 Å². The standard InChI is InChI=1S/C20H26N2Si/c1-19-12-11-14-7-5-6-8-16(14)20(19,2)22(21)18-10-9-15(23(3)4)13-17(18)19/h5-10,13,23H,11-12,21H2,1-4H3. The van der Waals surface area contributed by atoms with Crippen molar-refractivity contribution in [1.29, 1.82) is 0 Å². The Hall–Kier alpha value is -1.58. The third-order valence-electron chi connectivity index (χ3n) is 6.53. The van der Waals surface area contributed by atoms with Crippen LogP contribution in [0.1, 0.15) is 37.0 Å². The van der Waals surface area contributed by atoms with E-state index in [1.165, 1.54) is 22.4 Å². The van der Waals surface area contributed by atoms with Crippen molar-refractivity contribution in [3.05, 3.63) is 59.2 Å². The van der Waals surface area contributed by atoms with Crippen LogP contribution in [0, 0.1) is 0 Å². The molecule has 3 heteroatoms. The van der Waals surface area contributed by atoms with Crippen molar-refractivity contribution < 1.29 is 0 Å². The van der Waals surface area contributed by atoms with Crippen LogP contribution in [0.4, 0.5) is 5.69 Å². The second-order valence-electron chi connectivity index (χ2n) is 7.86. The summed E-state index contributed by atoms with van der Waals surface area (Å²) in [5, 5.41) is 3.59.